The van der Waals surface area contributed by atoms with Gasteiger partial charge in [-0.25, -0.2) is 0 Å². The quantitative estimate of drug-likeness (QED) is 0.845. The summed E-state index contributed by atoms with van der Waals surface area (Å²) in [5, 5.41) is 13.2. The van der Waals surface area contributed by atoms with E-state index in [0.29, 0.717) is 12.0 Å². The molecule has 2 heterocycles. The van der Waals surface area contributed by atoms with Crippen molar-refractivity contribution in [2.24, 2.45) is 5.92 Å². The van der Waals surface area contributed by atoms with Gasteiger partial charge in [-0.05, 0) is 38.2 Å². The maximum absolute atomic E-state index is 13.3. The monoisotopic (exact) mass is 359 g/mol. The van der Waals surface area contributed by atoms with Crippen LogP contribution in [0.1, 0.15) is 45.2 Å². The fourth-order valence-corrected chi connectivity index (χ4v) is 4.18. The summed E-state index contributed by atoms with van der Waals surface area (Å²) in [4.78, 5) is 17.9. The molecule has 3 unspecified atom stereocenters. The molecule has 0 saturated carbocycles. The fourth-order valence-electron chi connectivity index (χ4n) is 4.18. The molecule has 5 nitrogen and oxygen atoms in total. The Morgan fingerprint density at radius 3 is 2.35 bits per heavy atom. The summed E-state index contributed by atoms with van der Waals surface area (Å²) in [7, 11) is 0. The van der Waals surface area contributed by atoms with Gasteiger partial charge in [0.1, 0.15) is 6.04 Å². The van der Waals surface area contributed by atoms with Crippen LogP contribution in [0.25, 0.3) is 0 Å². The molecule has 144 valence electrons. The van der Waals surface area contributed by atoms with Gasteiger partial charge in [0.25, 0.3) is 0 Å². The molecular formula is C21H33N3O2. The molecule has 2 saturated heterocycles. The second kappa shape index (κ2) is 8.51. The van der Waals surface area contributed by atoms with E-state index in [2.05, 4.69) is 35.9 Å². The average molecular weight is 360 g/mol. The van der Waals surface area contributed by atoms with Crippen molar-refractivity contribution in [2.75, 3.05) is 26.2 Å². The minimum absolute atomic E-state index is 0.0926. The molecule has 26 heavy (non-hydrogen) atoms. The first-order valence-electron chi connectivity index (χ1n) is 9.97. The number of benzene rings is 1. The van der Waals surface area contributed by atoms with Crippen molar-refractivity contribution in [2.45, 2.75) is 57.8 Å². The highest BCUT2D eigenvalue weighted by molar-refractivity contribution is 5.83. The first kappa shape index (κ1) is 19.3. The van der Waals surface area contributed by atoms with Crippen LogP contribution in [-0.4, -0.2) is 65.2 Å². The van der Waals surface area contributed by atoms with E-state index < -0.39 is 0 Å². The van der Waals surface area contributed by atoms with Gasteiger partial charge in [0.15, 0.2) is 0 Å². The molecule has 5 heteroatoms. The maximum atomic E-state index is 13.3. The number of piperidine rings is 1. The van der Waals surface area contributed by atoms with Gasteiger partial charge < -0.3 is 10.4 Å². The Bertz CT molecular complexity index is 584. The van der Waals surface area contributed by atoms with Crippen LogP contribution in [0.4, 0.5) is 0 Å². The van der Waals surface area contributed by atoms with E-state index in [9.17, 15) is 9.90 Å². The minimum Gasteiger partial charge on any atom is -0.393 e. The number of carbonyl (C=O) groups is 1. The first-order valence-corrected chi connectivity index (χ1v) is 9.97. The molecule has 0 aromatic heterocycles. The normalized spacial score (nSPS) is 27.0. The van der Waals surface area contributed by atoms with Crippen molar-refractivity contribution in [3.63, 3.8) is 0 Å². The molecule has 0 bridgehead atoms. The van der Waals surface area contributed by atoms with Gasteiger partial charge in [-0.1, -0.05) is 37.3 Å². The highest BCUT2D eigenvalue weighted by Gasteiger charge is 2.36. The number of amides is 1. The molecule has 1 amide bonds. The second-order valence-electron chi connectivity index (χ2n) is 8.22. The summed E-state index contributed by atoms with van der Waals surface area (Å²) < 4.78 is 0. The number of carbonyl (C=O) groups excluding carboxylic acids is 1. The van der Waals surface area contributed by atoms with E-state index in [1.54, 1.807) is 0 Å². The van der Waals surface area contributed by atoms with Crippen molar-refractivity contribution in [3.8, 4) is 0 Å². The van der Waals surface area contributed by atoms with E-state index >= 15 is 0 Å². The van der Waals surface area contributed by atoms with E-state index in [0.717, 1.165) is 44.6 Å². The first-order chi connectivity index (χ1) is 12.5. The van der Waals surface area contributed by atoms with Crippen molar-refractivity contribution in [1.82, 2.24) is 15.1 Å². The lowest BCUT2D eigenvalue weighted by Crippen LogP contribution is -2.49. The van der Waals surface area contributed by atoms with Crippen LogP contribution in [0.2, 0.25) is 0 Å². The molecular weight excluding hydrogens is 326 g/mol. The summed E-state index contributed by atoms with van der Waals surface area (Å²) in [6.07, 6.45) is 1.23. The van der Waals surface area contributed by atoms with E-state index in [4.69, 9.17) is 0 Å². The highest BCUT2D eigenvalue weighted by Crippen LogP contribution is 2.26. The lowest BCUT2D eigenvalue weighted by Gasteiger charge is -2.36. The van der Waals surface area contributed by atoms with Crippen LogP contribution in [-0.2, 0) is 4.79 Å². The van der Waals surface area contributed by atoms with Gasteiger partial charge in [0.05, 0.1) is 6.10 Å². The van der Waals surface area contributed by atoms with Crippen molar-refractivity contribution in [3.05, 3.63) is 35.9 Å². The molecule has 2 N–H and O–H groups in total. The lowest BCUT2D eigenvalue weighted by molar-refractivity contribution is -0.128. The third kappa shape index (κ3) is 4.45. The molecule has 1 aromatic rings. The Balaban J connectivity index is 1.73. The summed E-state index contributed by atoms with van der Waals surface area (Å²) in [6.45, 7) is 10.1. The third-order valence-corrected chi connectivity index (χ3v) is 5.93. The van der Waals surface area contributed by atoms with Crippen LogP contribution in [0.5, 0.6) is 0 Å². The van der Waals surface area contributed by atoms with Gasteiger partial charge in [0, 0.05) is 38.3 Å². The fraction of sp³-hybridized carbons (Fsp3) is 0.667. The van der Waals surface area contributed by atoms with E-state index in [1.165, 1.54) is 0 Å². The minimum atomic E-state index is -0.274. The lowest BCUT2D eigenvalue weighted by atomic mass is 9.98. The van der Waals surface area contributed by atoms with Crippen LogP contribution in [0, 0.1) is 5.92 Å². The second-order valence-corrected chi connectivity index (χ2v) is 8.22. The maximum Gasteiger partial charge on any atom is 0.242 e. The van der Waals surface area contributed by atoms with Crippen molar-refractivity contribution in [1.29, 1.82) is 0 Å². The van der Waals surface area contributed by atoms with Crippen LogP contribution in [0.3, 0.4) is 0 Å². The van der Waals surface area contributed by atoms with Gasteiger partial charge in [-0.2, -0.15) is 0 Å². The van der Waals surface area contributed by atoms with E-state index in [1.807, 2.05) is 30.3 Å². The number of rotatable bonds is 5. The van der Waals surface area contributed by atoms with Crippen molar-refractivity contribution >= 4 is 5.91 Å². The standard InChI is InChI=1S/C21H33N3O2/c1-15(2)24-13-16(3)19(14-24)22-21(26)20(17-7-5-4-6-8-17)23-11-9-18(25)10-12-23/h4-8,15-16,18-20,25H,9-14H2,1-3H3,(H,22,26). The molecule has 3 rings (SSSR count). The summed E-state index contributed by atoms with van der Waals surface area (Å²) in [5.74, 6) is 0.552. The Kier molecular flexibility index (Phi) is 6.33. The largest absolute Gasteiger partial charge is 0.393 e. The molecule has 2 fully saturated rings. The molecule has 0 spiro atoms. The molecule has 2 aliphatic heterocycles. The number of nitrogens with one attached hydrogen (secondary N) is 1. The predicted molar refractivity (Wildman–Crippen MR) is 104 cm³/mol. The number of hydrogen-bond donors (Lipinski definition) is 2. The Morgan fingerprint density at radius 1 is 1.12 bits per heavy atom. The molecule has 3 atom stereocenters. The van der Waals surface area contributed by atoms with Crippen LogP contribution in [0.15, 0.2) is 30.3 Å². The Morgan fingerprint density at radius 2 is 1.77 bits per heavy atom. The smallest absolute Gasteiger partial charge is 0.242 e. The molecule has 0 aliphatic carbocycles. The SMILES string of the molecule is CC1CN(C(C)C)CC1NC(=O)C(c1ccccc1)N1CCC(O)CC1. The number of aliphatic hydroxyl groups is 1. The van der Waals surface area contributed by atoms with E-state index in [-0.39, 0.29) is 24.1 Å². The zero-order valence-electron chi connectivity index (χ0n) is 16.3. The predicted octanol–water partition coefficient (Wildman–Crippen LogP) is 2.03. The number of hydrogen-bond acceptors (Lipinski definition) is 4. The van der Waals surface area contributed by atoms with Gasteiger partial charge in [0.2, 0.25) is 5.91 Å². The third-order valence-electron chi connectivity index (χ3n) is 5.93. The number of nitrogens with zero attached hydrogens (tertiary/aromatic N) is 2. The summed E-state index contributed by atoms with van der Waals surface area (Å²) >= 11 is 0. The molecule has 1 aromatic carbocycles. The van der Waals surface area contributed by atoms with Crippen molar-refractivity contribution < 1.29 is 9.90 Å². The number of likely N-dealkylation sites (tertiary alicyclic amines) is 2. The van der Waals surface area contributed by atoms with Gasteiger partial charge in [-0.15, -0.1) is 0 Å². The highest BCUT2D eigenvalue weighted by atomic mass is 16.3. The van der Waals surface area contributed by atoms with Crippen LogP contribution >= 0.6 is 0 Å². The zero-order valence-corrected chi connectivity index (χ0v) is 16.3. The summed E-state index contributed by atoms with van der Waals surface area (Å²) in [6, 6.07) is 10.5. The zero-order chi connectivity index (χ0) is 18.7. The summed E-state index contributed by atoms with van der Waals surface area (Å²) in [5.41, 5.74) is 1.03. The molecule has 2 aliphatic rings. The Hall–Kier alpha value is -1.43. The van der Waals surface area contributed by atoms with Crippen LogP contribution < -0.4 is 5.32 Å². The van der Waals surface area contributed by atoms with Gasteiger partial charge >= 0.3 is 0 Å². The Labute approximate surface area is 157 Å². The average Bonchev–Trinajstić information content (AvgIpc) is 2.99. The topological polar surface area (TPSA) is 55.8 Å². The number of aliphatic hydroxyl groups excluding tert-OH is 1. The van der Waals surface area contributed by atoms with Gasteiger partial charge in [-0.3, -0.25) is 14.6 Å². The molecule has 0 radical (unpaired) electrons.